The van der Waals surface area contributed by atoms with E-state index in [0.717, 1.165) is 0 Å². The van der Waals surface area contributed by atoms with Crippen molar-refractivity contribution in [2.45, 2.75) is 41.5 Å². The summed E-state index contributed by atoms with van der Waals surface area (Å²) < 4.78 is 0. The molecule has 6 aromatic carbocycles. The molecule has 0 bridgehead atoms. The van der Waals surface area contributed by atoms with Crippen LogP contribution in [0.3, 0.4) is 0 Å². The highest BCUT2D eigenvalue weighted by atomic mass is 14.5. The molecule has 0 spiro atoms. The fraction of sp³-hybridized carbons (Fsp3) is 0.154. The Morgan fingerprint density at radius 2 is 1.00 bits per heavy atom. The van der Waals surface area contributed by atoms with Crippen LogP contribution in [0, 0.1) is 25.2 Å². The van der Waals surface area contributed by atoms with Gasteiger partial charge >= 0.3 is 0 Å². The first-order valence-corrected chi connectivity index (χ1v) is 18.6. The number of hydrogen-bond acceptors (Lipinski definition) is 0. The van der Waals surface area contributed by atoms with Gasteiger partial charge in [-0.25, -0.2) is 0 Å². The van der Waals surface area contributed by atoms with Gasteiger partial charge in [0.1, 0.15) is 0 Å². The Bertz CT molecular complexity index is 2350. The molecule has 0 nitrogen and oxygen atoms in total. The lowest BCUT2D eigenvalue weighted by Crippen LogP contribution is -2.15. The Morgan fingerprint density at radius 3 is 1.54 bits per heavy atom. The van der Waals surface area contributed by atoms with E-state index in [1.165, 1.54) is 94.6 Å². The fourth-order valence-electron chi connectivity index (χ4n) is 8.87. The number of rotatable bonds is 5. The zero-order valence-electron chi connectivity index (χ0n) is 31.2. The molecule has 2 aliphatic carbocycles. The van der Waals surface area contributed by atoms with Gasteiger partial charge in [0, 0.05) is 11.3 Å². The Balaban J connectivity index is 1.57. The Labute approximate surface area is 310 Å². The van der Waals surface area contributed by atoms with E-state index < -0.39 is 0 Å². The van der Waals surface area contributed by atoms with E-state index in [1.54, 1.807) is 0 Å². The molecule has 0 heteroatoms. The van der Waals surface area contributed by atoms with E-state index in [1.807, 2.05) is 0 Å². The smallest absolute Gasteiger partial charge is 0.0265 e. The van der Waals surface area contributed by atoms with Gasteiger partial charge in [-0.1, -0.05) is 188 Å². The summed E-state index contributed by atoms with van der Waals surface area (Å²) in [6.45, 7) is 13.9. The molecule has 1 saturated carbocycles. The van der Waals surface area contributed by atoms with Crippen molar-refractivity contribution in [3.8, 4) is 11.1 Å². The van der Waals surface area contributed by atoms with Gasteiger partial charge in [0.25, 0.3) is 0 Å². The zero-order chi connectivity index (χ0) is 36.0. The van der Waals surface area contributed by atoms with Crippen LogP contribution in [0.5, 0.6) is 0 Å². The average Bonchev–Trinajstić information content (AvgIpc) is 3.27. The van der Waals surface area contributed by atoms with Crippen molar-refractivity contribution in [1.29, 1.82) is 0 Å². The largest absolute Gasteiger partial charge is 0.0720 e. The Morgan fingerprint density at radius 1 is 0.500 bits per heavy atom. The first-order valence-electron chi connectivity index (χ1n) is 18.6. The molecule has 0 aromatic heterocycles. The minimum absolute atomic E-state index is 0.0250. The first-order chi connectivity index (χ1) is 25.2. The van der Waals surface area contributed by atoms with Crippen molar-refractivity contribution >= 4 is 16.7 Å². The lowest BCUT2D eigenvalue weighted by atomic mass is 9.75. The van der Waals surface area contributed by atoms with E-state index >= 15 is 0 Å². The van der Waals surface area contributed by atoms with Crippen molar-refractivity contribution in [2.24, 2.45) is 11.3 Å². The van der Waals surface area contributed by atoms with Gasteiger partial charge in [-0.15, -0.1) is 0 Å². The van der Waals surface area contributed by atoms with Crippen LogP contribution in [-0.4, -0.2) is 0 Å². The summed E-state index contributed by atoms with van der Waals surface area (Å²) >= 11 is 0. The van der Waals surface area contributed by atoms with Crippen LogP contribution in [-0.2, 0) is 0 Å². The van der Waals surface area contributed by atoms with Crippen molar-refractivity contribution in [3.05, 3.63) is 231 Å². The summed E-state index contributed by atoms with van der Waals surface area (Å²) in [5.41, 5.74) is 21.9. The maximum Gasteiger partial charge on any atom is 0.0265 e. The third-order valence-corrected chi connectivity index (χ3v) is 11.1. The number of fused-ring (bicyclic) bond motifs is 2. The second kappa shape index (κ2) is 13.4. The van der Waals surface area contributed by atoms with Gasteiger partial charge in [-0.05, 0) is 112 Å². The molecule has 0 aliphatic heterocycles. The number of aryl methyl sites for hydroxylation is 2. The highest BCUT2D eigenvalue weighted by Crippen LogP contribution is 2.62. The van der Waals surface area contributed by atoms with Crippen molar-refractivity contribution in [2.75, 3.05) is 0 Å². The summed E-state index contributed by atoms with van der Waals surface area (Å²) in [5, 5.41) is 0. The number of hydrogen-bond donors (Lipinski definition) is 0. The molecule has 1 atom stereocenters. The number of benzene rings is 6. The normalized spacial score (nSPS) is 16.2. The molecule has 0 radical (unpaired) electrons. The Hall–Kier alpha value is -5.72. The molecule has 0 amide bonds. The monoisotopic (exact) mass is 670 g/mol. The molecular weight excluding hydrogens is 625 g/mol. The van der Waals surface area contributed by atoms with Crippen molar-refractivity contribution in [3.63, 3.8) is 0 Å². The molecule has 6 aromatic rings. The first kappa shape index (κ1) is 33.4. The van der Waals surface area contributed by atoms with Gasteiger partial charge in [0.2, 0.25) is 0 Å². The SMILES string of the molecule is CC(C)=C1C(=C(c2ccccc2)c2ccccc2)C2C=C(c3ccc(C)cc3)c3ccc(-c4ccc(C)cc4)cc3C(c3ccccc3)=C2C1(C)C. The number of allylic oxidation sites excluding steroid dienone is 5. The lowest BCUT2D eigenvalue weighted by Gasteiger charge is -2.28. The lowest BCUT2D eigenvalue weighted by molar-refractivity contribution is 0.561. The highest BCUT2D eigenvalue weighted by Gasteiger charge is 2.48. The van der Waals surface area contributed by atoms with Crippen LogP contribution in [0.25, 0.3) is 27.8 Å². The quantitative estimate of drug-likeness (QED) is 0.171. The molecule has 52 heavy (non-hydrogen) atoms. The Kier molecular flexibility index (Phi) is 8.64. The molecule has 0 heterocycles. The molecule has 1 unspecified atom stereocenters. The molecule has 8 rings (SSSR count). The van der Waals surface area contributed by atoms with Gasteiger partial charge in [0.05, 0.1) is 0 Å². The minimum atomic E-state index is -0.269. The van der Waals surface area contributed by atoms with E-state index in [9.17, 15) is 0 Å². The third-order valence-electron chi connectivity index (χ3n) is 11.1. The van der Waals surface area contributed by atoms with E-state index in [2.05, 4.69) is 205 Å². The van der Waals surface area contributed by atoms with Gasteiger partial charge in [-0.3, -0.25) is 0 Å². The zero-order valence-corrected chi connectivity index (χ0v) is 31.2. The summed E-state index contributed by atoms with van der Waals surface area (Å²) in [4.78, 5) is 0. The van der Waals surface area contributed by atoms with Crippen LogP contribution in [0.1, 0.15) is 72.2 Å². The minimum Gasteiger partial charge on any atom is -0.0720 e. The molecule has 0 saturated heterocycles. The highest BCUT2D eigenvalue weighted by molar-refractivity contribution is 6.00. The fourth-order valence-corrected chi connectivity index (χ4v) is 8.87. The van der Waals surface area contributed by atoms with Crippen LogP contribution >= 0.6 is 0 Å². The van der Waals surface area contributed by atoms with E-state index in [-0.39, 0.29) is 11.3 Å². The standard InChI is InChI=1S/C52H46/c1-34(2)50-49(47(39-16-10-7-11-17-39)40-18-12-8-13-19-40)46-33-44(38-28-24-36(4)25-29-38)43-31-30-42(37-26-22-35(3)23-27-37)32-45(43)48(51(46)52(50,5)6)41-20-14-9-15-21-41/h7-33,46H,1-6H3. The molecule has 1 fully saturated rings. The molecule has 0 N–H and O–H groups in total. The van der Waals surface area contributed by atoms with Gasteiger partial charge in [0.15, 0.2) is 0 Å². The average molecular weight is 671 g/mol. The van der Waals surface area contributed by atoms with Crippen molar-refractivity contribution < 1.29 is 0 Å². The summed E-state index contributed by atoms with van der Waals surface area (Å²) in [7, 11) is 0. The predicted octanol–water partition coefficient (Wildman–Crippen LogP) is 13.7. The van der Waals surface area contributed by atoms with Gasteiger partial charge < -0.3 is 0 Å². The van der Waals surface area contributed by atoms with E-state index in [4.69, 9.17) is 0 Å². The second-order valence-corrected chi connectivity index (χ2v) is 15.2. The molecule has 254 valence electrons. The predicted molar refractivity (Wildman–Crippen MR) is 222 cm³/mol. The maximum atomic E-state index is 2.61. The van der Waals surface area contributed by atoms with Crippen LogP contribution in [0.15, 0.2) is 186 Å². The van der Waals surface area contributed by atoms with Crippen LogP contribution < -0.4 is 0 Å². The summed E-state index contributed by atoms with van der Waals surface area (Å²) in [6.07, 6.45) is 2.61. The van der Waals surface area contributed by atoms with Crippen LogP contribution in [0.2, 0.25) is 0 Å². The van der Waals surface area contributed by atoms with Crippen molar-refractivity contribution in [1.82, 2.24) is 0 Å². The third kappa shape index (κ3) is 5.83. The second-order valence-electron chi connectivity index (χ2n) is 15.2. The van der Waals surface area contributed by atoms with Crippen LogP contribution in [0.4, 0.5) is 0 Å². The maximum absolute atomic E-state index is 2.61. The van der Waals surface area contributed by atoms with Gasteiger partial charge in [-0.2, -0.15) is 0 Å². The molecule has 2 aliphatic rings. The summed E-state index contributed by atoms with van der Waals surface area (Å²) in [6, 6.07) is 58.5. The molecular formula is C52H46. The van der Waals surface area contributed by atoms with E-state index in [0.29, 0.717) is 0 Å². The topological polar surface area (TPSA) is 0 Å². The summed E-state index contributed by atoms with van der Waals surface area (Å²) in [5.74, 6) is 0.0250.